The molecule has 29 heavy (non-hydrogen) atoms. The highest BCUT2D eigenvalue weighted by atomic mass is 32.2. The fraction of sp³-hybridized carbons (Fsp3) is 0.500. The number of amides is 2. The molecule has 0 saturated carbocycles. The Kier molecular flexibility index (Phi) is 7.62. The Bertz CT molecular complexity index is 840. The second-order valence-electron chi connectivity index (χ2n) is 6.96. The van der Waals surface area contributed by atoms with Crippen LogP contribution in [0.2, 0.25) is 0 Å². The highest BCUT2D eigenvalue weighted by Gasteiger charge is 2.21. The summed E-state index contributed by atoms with van der Waals surface area (Å²) in [6, 6.07) is 6.03. The Balaban J connectivity index is 1.53. The van der Waals surface area contributed by atoms with Crippen molar-refractivity contribution in [3.63, 3.8) is 0 Å². The van der Waals surface area contributed by atoms with Gasteiger partial charge in [-0.25, -0.2) is 4.39 Å². The maximum Gasteiger partial charge on any atom is 0.230 e. The Labute approximate surface area is 174 Å². The fourth-order valence-corrected chi connectivity index (χ4v) is 4.07. The van der Waals surface area contributed by atoms with Gasteiger partial charge in [0.05, 0.1) is 12.3 Å². The highest BCUT2D eigenvalue weighted by molar-refractivity contribution is 7.99. The summed E-state index contributed by atoms with van der Waals surface area (Å²) in [6.07, 6.45) is 3.64. The lowest BCUT2D eigenvalue weighted by Crippen LogP contribution is -2.31. The van der Waals surface area contributed by atoms with Crippen molar-refractivity contribution in [1.82, 2.24) is 25.0 Å². The number of nitrogens with zero attached hydrogens (tertiary/aromatic N) is 4. The lowest BCUT2D eigenvalue weighted by molar-refractivity contribution is -0.131. The molecule has 156 valence electrons. The van der Waals surface area contributed by atoms with Gasteiger partial charge in [-0.1, -0.05) is 30.3 Å². The first kappa shape index (κ1) is 21.3. The van der Waals surface area contributed by atoms with Crippen LogP contribution in [0.25, 0.3) is 0 Å². The van der Waals surface area contributed by atoms with Crippen molar-refractivity contribution < 1.29 is 14.0 Å². The van der Waals surface area contributed by atoms with Crippen LogP contribution < -0.4 is 5.32 Å². The number of carbonyl (C=O) groups excluding carboxylic acids is 2. The fourth-order valence-electron chi connectivity index (χ4n) is 3.22. The van der Waals surface area contributed by atoms with E-state index in [4.69, 9.17) is 0 Å². The van der Waals surface area contributed by atoms with Gasteiger partial charge in [0.25, 0.3) is 0 Å². The Hall–Kier alpha value is -2.42. The van der Waals surface area contributed by atoms with Gasteiger partial charge in [-0.05, 0) is 37.5 Å². The molecule has 0 atom stereocenters. The van der Waals surface area contributed by atoms with Crippen LogP contribution in [-0.2, 0) is 29.2 Å². The van der Waals surface area contributed by atoms with Crippen molar-refractivity contribution in [1.29, 1.82) is 0 Å². The first-order chi connectivity index (χ1) is 14.1. The van der Waals surface area contributed by atoms with Crippen molar-refractivity contribution >= 4 is 23.6 Å². The normalized spacial score (nSPS) is 14.7. The second kappa shape index (κ2) is 10.4. The Morgan fingerprint density at radius 3 is 2.76 bits per heavy atom. The van der Waals surface area contributed by atoms with Crippen molar-refractivity contribution in [2.75, 3.05) is 12.3 Å². The average molecular weight is 420 g/mol. The van der Waals surface area contributed by atoms with E-state index >= 15 is 0 Å². The van der Waals surface area contributed by atoms with Crippen LogP contribution in [0.1, 0.15) is 44.0 Å². The first-order valence-corrected chi connectivity index (χ1v) is 10.9. The number of hydrogen-bond donors (Lipinski definition) is 1. The summed E-state index contributed by atoms with van der Waals surface area (Å²) in [5.74, 6) is 0.697. The molecule has 7 nitrogen and oxygen atoms in total. The topological polar surface area (TPSA) is 80.1 Å². The van der Waals surface area contributed by atoms with Crippen molar-refractivity contribution in [2.45, 2.75) is 57.4 Å². The van der Waals surface area contributed by atoms with E-state index in [1.54, 1.807) is 12.1 Å². The van der Waals surface area contributed by atoms with E-state index in [2.05, 4.69) is 15.5 Å². The SMILES string of the molecule is CCn1c(CN2CCCCCC2=O)nnc1SCC(=O)NCc1ccc(F)cc1. The summed E-state index contributed by atoms with van der Waals surface area (Å²) in [7, 11) is 0. The molecule has 2 heterocycles. The summed E-state index contributed by atoms with van der Waals surface area (Å²) in [5.41, 5.74) is 0.839. The number of carbonyl (C=O) groups is 2. The number of halogens is 1. The van der Waals surface area contributed by atoms with Gasteiger partial charge in [0.15, 0.2) is 11.0 Å². The third-order valence-electron chi connectivity index (χ3n) is 4.85. The maximum absolute atomic E-state index is 12.9. The van der Waals surface area contributed by atoms with Crippen LogP contribution in [0.4, 0.5) is 4.39 Å². The Morgan fingerprint density at radius 2 is 2.00 bits per heavy atom. The van der Waals surface area contributed by atoms with Crippen LogP contribution in [0.15, 0.2) is 29.4 Å². The van der Waals surface area contributed by atoms with E-state index in [0.717, 1.165) is 37.2 Å². The van der Waals surface area contributed by atoms with Crippen molar-refractivity contribution in [3.05, 3.63) is 41.5 Å². The second-order valence-corrected chi connectivity index (χ2v) is 7.90. The molecule has 9 heteroatoms. The molecular weight excluding hydrogens is 393 g/mol. The summed E-state index contributed by atoms with van der Waals surface area (Å²) in [5, 5.41) is 12.0. The smallest absolute Gasteiger partial charge is 0.230 e. The van der Waals surface area contributed by atoms with Crippen molar-refractivity contribution in [2.24, 2.45) is 0 Å². The molecular formula is C20H26FN5O2S. The third kappa shape index (κ3) is 6.03. The number of hydrogen-bond acceptors (Lipinski definition) is 5. The summed E-state index contributed by atoms with van der Waals surface area (Å²) < 4.78 is 14.9. The predicted octanol–water partition coefficient (Wildman–Crippen LogP) is 2.75. The Morgan fingerprint density at radius 1 is 1.21 bits per heavy atom. The zero-order valence-corrected chi connectivity index (χ0v) is 17.4. The van der Waals surface area contributed by atoms with Crippen LogP contribution in [0.5, 0.6) is 0 Å². The largest absolute Gasteiger partial charge is 0.351 e. The lowest BCUT2D eigenvalue weighted by Gasteiger charge is -2.20. The van der Waals surface area contributed by atoms with Gasteiger partial charge in [-0.2, -0.15) is 0 Å². The monoisotopic (exact) mass is 419 g/mol. The van der Waals surface area contributed by atoms with Crippen LogP contribution in [0, 0.1) is 5.82 Å². The minimum atomic E-state index is -0.299. The lowest BCUT2D eigenvalue weighted by atomic mass is 10.2. The van der Waals surface area contributed by atoms with E-state index in [1.165, 1.54) is 23.9 Å². The van der Waals surface area contributed by atoms with Gasteiger partial charge in [0, 0.05) is 26.1 Å². The number of aromatic nitrogens is 3. The average Bonchev–Trinajstić information content (AvgIpc) is 3.00. The molecule has 1 aliphatic rings. The first-order valence-electron chi connectivity index (χ1n) is 9.90. The molecule has 2 aromatic rings. The van der Waals surface area contributed by atoms with E-state index in [1.807, 2.05) is 16.4 Å². The molecule has 1 aromatic carbocycles. The standard InChI is InChI=1S/C20H26FN5O2S/c1-2-26-17(13-25-11-5-3-4-6-19(25)28)23-24-20(26)29-14-18(27)22-12-15-7-9-16(21)10-8-15/h7-10H,2-6,11-14H2,1H3,(H,22,27). The predicted molar refractivity (Wildman–Crippen MR) is 109 cm³/mol. The van der Waals surface area contributed by atoms with Gasteiger partial charge in [-0.3, -0.25) is 9.59 Å². The molecule has 0 bridgehead atoms. The molecule has 0 unspecified atom stereocenters. The van der Waals surface area contributed by atoms with Gasteiger partial charge in [-0.15, -0.1) is 10.2 Å². The van der Waals surface area contributed by atoms with E-state index in [0.29, 0.717) is 31.2 Å². The quantitative estimate of drug-likeness (QED) is 0.666. The van der Waals surface area contributed by atoms with Gasteiger partial charge in [0.1, 0.15) is 5.82 Å². The van der Waals surface area contributed by atoms with Crippen LogP contribution >= 0.6 is 11.8 Å². The van der Waals surface area contributed by atoms with Crippen LogP contribution in [-0.4, -0.2) is 43.8 Å². The van der Waals surface area contributed by atoms with Gasteiger partial charge < -0.3 is 14.8 Å². The molecule has 3 rings (SSSR count). The van der Waals surface area contributed by atoms with Gasteiger partial charge >= 0.3 is 0 Å². The molecule has 1 saturated heterocycles. The van der Waals surface area contributed by atoms with E-state index < -0.39 is 0 Å². The molecule has 1 fully saturated rings. The minimum absolute atomic E-state index is 0.130. The van der Waals surface area contributed by atoms with E-state index in [9.17, 15) is 14.0 Å². The number of rotatable bonds is 8. The number of nitrogens with one attached hydrogen (secondary N) is 1. The molecule has 0 aliphatic carbocycles. The summed E-state index contributed by atoms with van der Waals surface area (Å²) in [4.78, 5) is 26.2. The minimum Gasteiger partial charge on any atom is -0.351 e. The maximum atomic E-state index is 12.9. The molecule has 1 aromatic heterocycles. The molecule has 2 amide bonds. The molecule has 0 radical (unpaired) electrons. The molecule has 1 N–H and O–H groups in total. The van der Waals surface area contributed by atoms with E-state index in [-0.39, 0.29) is 23.4 Å². The van der Waals surface area contributed by atoms with Crippen molar-refractivity contribution in [3.8, 4) is 0 Å². The van der Waals surface area contributed by atoms with Gasteiger partial charge in [0.2, 0.25) is 11.8 Å². The highest BCUT2D eigenvalue weighted by Crippen LogP contribution is 2.19. The number of benzene rings is 1. The summed E-state index contributed by atoms with van der Waals surface area (Å²) in [6.45, 7) is 4.23. The zero-order chi connectivity index (χ0) is 20.6. The number of likely N-dealkylation sites (tertiary alicyclic amines) is 1. The summed E-state index contributed by atoms with van der Waals surface area (Å²) >= 11 is 1.32. The zero-order valence-electron chi connectivity index (χ0n) is 16.6. The molecule has 0 spiro atoms. The van der Waals surface area contributed by atoms with Crippen LogP contribution in [0.3, 0.4) is 0 Å². The third-order valence-corrected chi connectivity index (χ3v) is 5.82. The molecule has 1 aliphatic heterocycles. The number of thioether (sulfide) groups is 1.